The fourth-order valence-corrected chi connectivity index (χ4v) is 0.720. The molecule has 1 rings (SSSR count). The number of phenols is 1. The molecular formula is C9H11NO3. The summed E-state index contributed by atoms with van der Waals surface area (Å²) in [5, 5.41) is 17.9. The number of aliphatic carboxylic acids is 1. The van der Waals surface area contributed by atoms with Gasteiger partial charge in [0.15, 0.2) is 0 Å². The Labute approximate surface area is 81.2 Å². The Morgan fingerprint density at radius 2 is 2.54 bits per heavy atom. The van der Waals surface area contributed by atoms with E-state index in [2.05, 4.69) is 0 Å². The number of aromatic hydroxyl groups is 1. The molecule has 0 spiro atoms. The average Bonchev–Trinajstić information content (AvgIpc) is 2.21. The van der Waals surface area contributed by atoms with Crippen molar-refractivity contribution in [2.75, 3.05) is 0 Å². The molecule has 0 saturated heterocycles. The second kappa shape index (κ2) is 3.91. The molecule has 0 aliphatic rings. The lowest BCUT2D eigenvalue weighted by Gasteiger charge is -2.05. The lowest BCUT2D eigenvalue weighted by atomic mass is 10.1. The van der Waals surface area contributed by atoms with Gasteiger partial charge in [-0.25, -0.2) is 0 Å². The van der Waals surface area contributed by atoms with Crippen molar-refractivity contribution < 1.29 is 20.5 Å². The van der Waals surface area contributed by atoms with Gasteiger partial charge in [-0.2, -0.15) is 0 Å². The Balaban J connectivity index is 3.37. The first-order valence-electron chi connectivity index (χ1n) is 5.47. The standard InChI is InChI=1S/C9H11NO3/c10-8(9(12)13)5-6-2-1-3-7(11)4-6/h1-4,8,11H,5,10H2,(H,12,13)/t8-/m0/s1/i1D,2D,5D2. The van der Waals surface area contributed by atoms with Crippen LogP contribution < -0.4 is 5.73 Å². The van der Waals surface area contributed by atoms with E-state index in [-0.39, 0.29) is 0 Å². The molecule has 0 saturated carbocycles. The Bertz CT molecular complexity index is 464. The van der Waals surface area contributed by atoms with Gasteiger partial charge in [-0.15, -0.1) is 0 Å². The van der Waals surface area contributed by atoms with Gasteiger partial charge < -0.3 is 15.9 Å². The largest absolute Gasteiger partial charge is 0.508 e. The number of carboxylic acid groups (broad SMARTS) is 1. The minimum absolute atomic E-state index is 0.401. The molecule has 0 aromatic heterocycles. The first kappa shape index (κ1) is 5.24. The normalized spacial score (nSPS) is 17.9. The molecule has 0 unspecified atom stereocenters. The highest BCUT2D eigenvalue weighted by Crippen LogP contribution is 2.11. The summed E-state index contributed by atoms with van der Waals surface area (Å²) in [4.78, 5) is 10.7. The maximum Gasteiger partial charge on any atom is 0.320 e. The van der Waals surface area contributed by atoms with Gasteiger partial charge in [0.25, 0.3) is 0 Å². The van der Waals surface area contributed by atoms with Crippen LogP contribution in [0.5, 0.6) is 5.75 Å². The summed E-state index contributed by atoms with van der Waals surface area (Å²) >= 11 is 0. The number of carbonyl (C=O) groups is 1. The van der Waals surface area contributed by atoms with Gasteiger partial charge >= 0.3 is 5.97 Å². The molecule has 1 aromatic rings. The molecule has 70 valence electrons. The summed E-state index contributed by atoms with van der Waals surface area (Å²) < 4.78 is 30.0. The fourth-order valence-electron chi connectivity index (χ4n) is 0.720. The maximum absolute atomic E-state index is 10.7. The van der Waals surface area contributed by atoms with Gasteiger partial charge in [0.1, 0.15) is 11.8 Å². The lowest BCUT2D eigenvalue weighted by molar-refractivity contribution is -0.138. The highest BCUT2D eigenvalue weighted by molar-refractivity contribution is 5.73. The topological polar surface area (TPSA) is 83.5 Å². The number of benzene rings is 1. The van der Waals surface area contributed by atoms with Gasteiger partial charge in [0.05, 0.1) is 2.74 Å². The lowest BCUT2D eigenvalue weighted by Crippen LogP contribution is -2.32. The summed E-state index contributed by atoms with van der Waals surface area (Å²) in [7, 11) is 0. The van der Waals surface area contributed by atoms with Crippen LogP contribution in [0.3, 0.4) is 0 Å². The molecule has 1 aromatic carbocycles. The van der Waals surface area contributed by atoms with Crippen molar-refractivity contribution in [3.8, 4) is 5.75 Å². The van der Waals surface area contributed by atoms with E-state index in [9.17, 15) is 9.90 Å². The van der Waals surface area contributed by atoms with Crippen LogP contribution in [0, 0.1) is 0 Å². The summed E-state index contributed by atoms with van der Waals surface area (Å²) in [5.41, 5.74) is 4.78. The van der Waals surface area contributed by atoms with Crippen LogP contribution in [-0.4, -0.2) is 22.2 Å². The molecule has 4 heteroatoms. The molecule has 4 N–H and O–H groups in total. The molecule has 0 radical (unpaired) electrons. The number of phenolic OH excluding ortho intramolecular Hbond substituents is 1. The third-order valence-electron chi connectivity index (χ3n) is 1.30. The van der Waals surface area contributed by atoms with E-state index in [0.717, 1.165) is 12.1 Å². The smallest absolute Gasteiger partial charge is 0.320 e. The van der Waals surface area contributed by atoms with E-state index in [0.29, 0.717) is 0 Å². The van der Waals surface area contributed by atoms with Crippen LogP contribution in [0.4, 0.5) is 0 Å². The molecule has 4 nitrogen and oxygen atoms in total. The van der Waals surface area contributed by atoms with Crippen molar-refractivity contribution >= 4 is 5.97 Å². The van der Waals surface area contributed by atoms with E-state index >= 15 is 0 Å². The second-order valence-corrected chi connectivity index (χ2v) is 2.36. The van der Waals surface area contributed by atoms with Gasteiger partial charge in [-0.1, -0.05) is 12.1 Å². The van der Waals surface area contributed by atoms with Crippen LogP contribution >= 0.6 is 0 Å². The van der Waals surface area contributed by atoms with Crippen LogP contribution in [0.1, 0.15) is 11.0 Å². The van der Waals surface area contributed by atoms with Crippen LogP contribution in [0.25, 0.3) is 0 Å². The number of hydrogen-bond acceptors (Lipinski definition) is 3. The third kappa shape index (κ3) is 2.76. The van der Waals surface area contributed by atoms with E-state index in [4.69, 9.17) is 16.3 Å². The van der Waals surface area contributed by atoms with E-state index < -0.39 is 41.8 Å². The first-order chi connectivity index (χ1) is 7.67. The number of carboxylic acids is 1. The van der Waals surface area contributed by atoms with Crippen molar-refractivity contribution in [3.05, 3.63) is 29.8 Å². The van der Waals surface area contributed by atoms with Crippen molar-refractivity contribution in [2.45, 2.75) is 12.4 Å². The van der Waals surface area contributed by atoms with Crippen molar-refractivity contribution in [1.29, 1.82) is 0 Å². The Hall–Kier alpha value is -1.55. The minimum atomic E-state index is -2.54. The predicted molar refractivity (Wildman–Crippen MR) is 47.4 cm³/mol. The number of nitrogens with two attached hydrogens (primary N) is 1. The maximum atomic E-state index is 10.7. The highest BCUT2D eigenvalue weighted by Gasteiger charge is 2.11. The molecule has 0 aliphatic heterocycles. The fraction of sp³-hybridized carbons (Fsp3) is 0.222. The Morgan fingerprint density at radius 1 is 1.85 bits per heavy atom. The molecule has 0 fully saturated rings. The average molecular weight is 185 g/mol. The van der Waals surface area contributed by atoms with Crippen LogP contribution in [0.2, 0.25) is 0 Å². The number of hydrogen-bond donors (Lipinski definition) is 3. The van der Waals surface area contributed by atoms with Gasteiger partial charge in [0.2, 0.25) is 0 Å². The number of rotatable bonds is 3. The first-order valence-corrected chi connectivity index (χ1v) is 3.47. The van der Waals surface area contributed by atoms with Crippen molar-refractivity contribution in [3.63, 3.8) is 0 Å². The predicted octanol–water partition coefficient (Wildman–Crippen LogP) is 0.347. The molecular weight excluding hydrogens is 170 g/mol. The Kier molecular flexibility index (Phi) is 1.58. The zero-order chi connectivity index (χ0) is 13.4. The molecule has 0 aliphatic carbocycles. The van der Waals surface area contributed by atoms with Crippen LogP contribution in [-0.2, 0) is 11.2 Å². The SMILES string of the molecule is [2H]c1cc(O)cc(C([2H])([2H])[C@H](N)C(=O)O)c1[2H]. The summed E-state index contributed by atoms with van der Waals surface area (Å²) in [5.74, 6) is -1.98. The molecule has 0 amide bonds. The molecule has 1 atom stereocenters. The van der Waals surface area contributed by atoms with E-state index in [1.54, 1.807) is 0 Å². The van der Waals surface area contributed by atoms with E-state index in [1.807, 2.05) is 0 Å². The molecule has 0 heterocycles. The summed E-state index contributed by atoms with van der Waals surface area (Å²) in [6, 6.07) is -0.907. The van der Waals surface area contributed by atoms with Crippen LogP contribution in [0.15, 0.2) is 24.2 Å². The quantitative estimate of drug-likeness (QED) is 0.634. The minimum Gasteiger partial charge on any atom is -0.508 e. The molecule has 0 bridgehead atoms. The highest BCUT2D eigenvalue weighted by atomic mass is 16.4. The third-order valence-corrected chi connectivity index (χ3v) is 1.30. The van der Waals surface area contributed by atoms with Gasteiger partial charge in [-0.3, -0.25) is 4.79 Å². The van der Waals surface area contributed by atoms with Gasteiger partial charge in [-0.05, 0) is 24.1 Å². The summed E-state index contributed by atoms with van der Waals surface area (Å²) in [6.07, 6.45) is -2.54. The molecule has 13 heavy (non-hydrogen) atoms. The van der Waals surface area contributed by atoms with Crippen molar-refractivity contribution in [1.82, 2.24) is 0 Å². The van der Waals surface area contributed by atoms with Gasteiger partial charge in [0, 0.05) is 2.74 Å². The Morgan fingerprint density at radius 3 is 3.15 bits per heavy atom. The second-order valence-electron chi connectivity index (χ2n) is 2.36. The summed E-state index contributed by atoms with van der Waals surface area (Å²) in [6.45, 7) is 0. The van der Waals surface area contributed by atoms with E-state index in [1.165, 1.54) is 0 Å². The zero-order valence-electron chi connectivity index (χ0n) is 10.6. The zero-order valence-corrected chi connectivity index (χ0v) is 6.61. The van der Waals surface area contributed by atoms with Crippen molar-refractivity contribution in [2.24, 2.45) is 5.73 Å². The monoisotopic (exact) mass is 185 g/mol.